The van der Waals surface area contributed by atoms with Crippen molar-refractivity contribution in [1.82, 2.24) is 0 Å². The maximum atomic E-state index is 11.3. The second-order valence-electron chi connectivity index (χ2n) is 5.73. The lowest BCUT2D eigenvalue weighted by Crippen LogP contribution is -2.23. The minimum atomic E-state index is -4.88. The molecular formula is C14H23O9P2S+. The summed E-state index contributed by atoms with van der Waals surface area (Å²) >= 11 is 0. The molecule has 26 heavy (non-hydrogen) atoms. The van der Waals surface area contributed by atoms with Crippen molar-refractivity contribution in [3.63, 3.8) is 0 Å². The zero-order valence-electron chi connectivity index (χ0n) is 14.1. The lowest BCUT2D eigenvalue weighted by Gasteiger charge is -2.18. The van der Waals surface area contributed by atoms with E-state index in [1.54, 1.807) is 30.5 Å². The molecule has 148 valence electrons. The van der Waals surface area contributed by atoms with Crippen LogP contribution in [-0.2, 0) is 31.2 Å². The molecule has 1 atom stereocenters. The summed E-state index contributed by atoms with van der Waals surface area (Å²) < 4.78 is 28.0. The average molecular weight is 429 g/mol. The monoisotopic (exact) mass is 429 g/mol. The molecule has 1 aromatic carbocycles. The molecule has 0 spiro atoms. The Morgan fingerprint density at radius 2 is 1.65 bits per heavy atom. The van der Waals surface area contributed by atoms with Gasteiger partial charge in [-0.2, -0.15) is 0 Å². The molecule has 0 aliphatic rings. The first-order chi connectivity index (χ1) is 11.9. The number of carboxylic acid groups (broad SMARTS) is 1. The van der Waals surface area contributed by atoms with E-state index in [1.807, 2.05) is 0 Å². The van der Waals surface area contributed by atoms with Gasteiger partial charge in [-0.15, -0.1) is 0 Å². The zero-order valence-corrected chi connectivity index (χ0v) is 16.7. The Hall–Kier alpha value is -0.860. The Morgan fingerprint density at radius 3 is 2.12 bits per heavy atom. The first kappa shape index (κ1) is 23.2. The van der Waals surface area contributed by atoms with E-state index in [1.165, 1.54) is 0 Å². The SMILES string of the molecule is C[S+](CCCOc1ccc(CC(=O)O)cc1)CC(P(=O)(O)O)P(=O)(O)O. The van der Waals surface area contributed by atoms with Gasteiger partial charge in [0.05, 0.1) is 19.3 Å². The van der Waals surface area contributed by atoms with Crippen molar-refractivity contribution in [3.05, 3.63) is 29.8 Å². The normalized spacial score (nSPS) is 13.6. The Morgan fingerprint density at radius 1 is 1.12 bits per heavy atom. The summed E-state index contributed by atoms with van der Waals surface area (Å²) in [6.45, 7) is 0.326. The fraction of sp³-hybridized carbons (Fsp3) is 0.500. The summed E-state index contributed by atoms with van der Waals surface area (Å²) in [6.07, 6.45) is 2.17. The van der Waals surface area contributed by atoms with Crippen molar-refractivity contribution in [2.75, 3.05) is 24.4 Å². The van der Waals surface area contributed by atoms with Crippen LogP contribution >= 0.6 is 15.2 Å². The largest absolute Gasteiger partial charge is 0.493 e. The quantitative estimate of drug-likeness (QED) is 0.196. The van der Waals surface area contributed by atoms with Crippen LogP contribution in [0.25, 0.3) is 0 Å². The molecule has 0 saturated carbocycles. The van der Waals surface area contributed by atoms with Crippen molar-refractivity contribution in [2.45, 2.75) is 18.2 Å². The van der Waals surface area contributed by atoms with Gasteiger partial charge in [-0.3, -0.25) is 13.9 Å². The van der Waals surface area contributed by atoms with Gasteiger partial charge in [0, 0.05) is 6.42 Å². The van der Waals surface area contributed by atoms with Gasteiger partial charge in [0.25, 0.3) is 0 Å². The van der Waals surface area contributed by atoms with Gasteiger partial charge in [-0.05, 0) is 28.6 Å². The standard InChI is InChI=1S/C14H22O9P2S/c1-26(10-14(24(17,18)19)25(20,21)22)8-2-7-23-12-5-3-11(4-6-12)9-13(15)16/h3-6,14H,2,7-10H2,1H3,(H4-,15,16,17,18,19,20,21,22)/p+1. The minimum absolute atomic E-state index is 0.0702. The number of rotatable bonds is 11. The third-order valence-corrected chi connectivity index (χ3v) is 9.50. The smallest absolute Gasteiger partial charge is 0.345 e. The Kier molecular flexibility index (Phi) is 8.82. The van der Waals surface area contributed by atoms with Crippen LogP contribution < -0.4 is 4.74 Å². The van der Waals surface area contributed by atoms with Gasteiger partial charge >= 0.3 is 21.2 Å². The molecule has 0 radical (unpaired) electrons. The first-order valence-corrected chi connectivity index (χ1v) is 12.9. The van der Waals surface area contributed by atoms with E-state index in [2.05, 4.69) is 0 Å². The van der Waals surface area contributed by atoms with Crippen molar-refractivity contribution < 1.29 is 43.3 Å². The maximum Gasteiger partial charge on any atom is 0.345 e. The lowest BCUT2D eigenvalue weighted by atomic mass is 10.1. The molecule has 9 nitrogen and oxygen atoms in total. The highest BCUT2D eigenvalue weighted by atomic mass is 32.2. The van der Waals surface area contributed by atoms with Gasteiger partial charge in [0.2, 0.25) is 5.40 Å². The second kappa shape index (κ2) is 9.90. The fourth-order valence-electron chi connectivity index (χ4n) is 2.10. The number of carbonyl (C=O) groups is 1. The molecule has 0 amide bonds. The predicted molar refractivity (Wildman–Crippen MR) is 98.8 cm³/mol. The van der Waals surface area contributed by atoms with Gasteiger partial charge < -0.3 is 29.4 Å². The highest BCUT2D eigenvalue weighted by Gasteiger charge is 2.47. The molecule has 0 aliphatic heterocycles. The van der Waals surface area contributed by atoms with Gasteiger partial charge in [-0.25, -0.2) is 0 Å². The Balaban J connectivity index is 2.42. The van der Waals surface area contributed by atoms with Gasteiger partial charge in [-0.1, -0.05) is 12.1 Å². The summed E-state index contributed by atoms with van der Waals surface area (Å²) in [5, 5.41) is 6.73. The van der Waals surface area contributed by atoms with E-state index < -0.39 is 37.5 Å². The van der Waals surface area contributed by atoms with Crippen LogP contribution in [0, 0.1) is 0 Å². The third-order valence-electron chi connectivity index (χ3n) is 3.39. The van der Waals surface area contributed by atoms with Crippen LogP contribution in [0.4, 0.5) is 0 Å². The highest BCUT2D eigenvalue weighted by molar-refractivity contribution is 7.97. The molecule has 0 fully saturated rings. The van der Waals surface area contributed by atoms with Crippen molar-refractivity contribution in [1.29, 1.82) is 0 Å². The number of hydrogen-bond donors (Lipinski definition) is 5. The van der Waals surface area contributed by atoms with E-state index >= 15 is 0 Å². The Bertz CT molecular complexity index is 660. The van der Waals surface area contributed by atoms with Crippen molar-refractivity contribution in [3.8, 4) is 5.75 Å². The summed E-state index contributed by atoms with van der Waals surface area (Å²) in [4.78, 5) is 47.1. The van der Waals surface area contributed by atoms with Crippen LogP contribution in [0.3, 0.4) is 0 Å². The maximum absolute atomic E-state index is 11.3. The van der Waals surface area contributed by atoms with Gasteiger partial charge in [0.1, 0.15) is 17.3 Å². The van der Waals surface area contributed by atoms with E-state index in [0.717, 1.165) is 0 Å². The van der Waals surface area contributed by atoms with E-state index in [9.17, 15) is 13.9 Å². The molecule has 1 unspecified atom stereocenters. The molecule has 0 heterocycles. The summed E-state index contributed by atoms with van der Waals surface area (Å²) in [5.74, 6) is -0.0949. The van der Waals surface area contributed by atoms with Crippen LogP contribution in [0.1, 0.15) is 12.0 Å². The molecule has 1 aromatic rings. The lowest BCUT2D eigenvalue weighted by molar-refractivity contribution is -0.136. The van der Waals surface area contributed by atoms with Crippen LogP contribution in [0.15, 0.2) is 24.3 Å². The molecule has 0 aliphatic carbocycles. The summed E-state index contributed by atoms with van der Waals surface area (Å²) in [7, 11) is -10.4. The number of hydrogen-bond acceptors (Lipinski definition) is 4. The fourth-order valence-corrected chi connectivity index (χ4v) is 8.04. The highest BCUT2D eigenvalue weighted by Crippen LogP contribution is 2.60. The summed E-state index contributed by atoms with van der Waals surface area (Å²) in [6, 6.07) is 6.61. The molecule has 0 bridgehead atoms. The van der Waals surface area contributed by atoms with E-state index in [0.29, 0.717) is 30.1 Å². The number of carboxylic acids is 1. The minimum Gasteiger partial charge on any atom is -0.493 e. The van der Waals surface area contributed by atoms with E-state index in [4.69, 9.17) is 29.4 Å². The summed E-state index contributed by atoms with van der Waals surface area (Å²) in [5.41, 5.74) is 0.654. The number of benzene rings is 1. The zero-order chi connectivity index (χ0) is 20.0. The molecular weight excluding hydrogens is 406 g/mol. The van der Waals surface area contributed by atoms with Crippen LogP contribution in [0.2, 0.25) is 0 Å². The van der Waals surface area contributed by atoms with Crippen LogP contribution in [-0.4, -0.2) is 60.4 Å². The van der Waals surface area contributed by atoms with Crippen molar-refractivity contribution in [2.24, 2.45) is 0 Å². The molecule has 0 saturated heterocycles. The van der Waals surface area contributed by atoms with Crippen molar-refractivity contribution >= 4 is 32.1 Å². The van der Waals surface area contributed by atoms with Crippen LogP contribution in [0.5, 0.6) is 5.75 Å². The Labute approximate surface area is 154 Å². The molecule has 1 rings (SSSR count). The number of ether oxygens (including phenoxy) is 1. The molecule has 5 N–H and O–H groups in total. The average Bonchev–Trinajstić information content (AvgIpc) is 2.48. The predicted octanol–water partition coefficient (Wildman–Crippen LogP) is 1.01. The second-order valence-corrected chi connectivity index (χ2v) is 12.0. The topological polar surface area (TPSA) is 162 Å². The molecule has 12 heteroatoms. The van der Waals surface area contributed by atoms with Gasteiger partial charge in [0.15, 0.2) is 0 Å². The molecule has 0 aromatic heterocycles. The first-order valence-electron chi connectivity index (χ1n) is 7.52. The third kappa shape index (κ3) is 8.68. The number of aliphatic carboxylic acids is 1. The van der Waals surface area contributed by atoms with E-state index in [-0.39, 0.29) is 12.2 Å².